The van der Waals surface area contributed by atoms with E-state index < -0.39 is 5.82 Å². The number of benzene rings is 1. The number of anilines is 1. The summed E-state index contributed by atoms with van der Waals surface area (Å²) in [5, 5.41) is 2.62. The van der Waals surface area contributed by atoms with E-state index in [1.807, 2.05) is 6.92 Å². The van der Waals surface area contributed by atoms with Crippen LogP contribution in [0.2, 0.25) is 0 Å². The van der Waals surface area contributed by atoms with Gasteiger partial charge in [0.15, 0.2) is 0 Å². The van der Waals surface area contributed by atoms with Crippen molar-refractivity contribution in [3.05, 3.63) is 30.1 Å². The molecule has 0 unspecified atom stereocenters. The molecule has 3 nitrogen and oxygen atoms in total. The number of carbonyl (C=O) groups is 1. The number of carbonyl (C=O) groups excluding carboxylic acids is 1. The van der Waals surface area contributed by atoms with Crippen LogP contribution < -0.4 is 5.32 Å². The summed E-state index contributed by atoms with van der Waals surface area (Å²) in [7, 11) is 0. The quantitative estimate of drug-likeness (QED) is 0.797. The zero-order valence-electron chi connectivity index (χ0n) is 9.95. The minimum absolute atomic E-state index is 0.206. The highest BCUT2D eigenvalue weighted by molar-refractivity contribution is 5.89. The van der Waals surface area contributed by atoms with Gasteiger partial charge in [0.25, 0.3) is 0 Å². The molecular formula is C13H17FN2O. The second kappa shape index (κ2) is 5.17. The van der Waals surface area contributed by atoms with E-state index in [9.17, 15) is 9.18 Å². The minimum Gasteiger partial charge on any atom is -0.322 e. The Morgan fingerprint density at radius 3 is 2.88 bits per heavy atom. The lowest BCUT2D eigenvalue weighted by Crippen LogP contribution is -2.44. The van der Waals surface area contributed by atoms with Crippen molar-refractivity contribution < 1.29 is 9.18 Å². The molecule has 1 fully saturated rings. The highest BCUT2D eigenvalue weighted by Crippen LogP contribution is 2.19. The summed E-state index contributed by atoms with van der Waals surface area (Å²) < 4.78 is 13.4. The molecule has 1 aliphatic heterocycles. The van der Waals surface area contributed by atoms with Crippen molar-refractivity contribution in [2.75, 3.05) is 11.9 Å². The minimum atomic E-state index is -0.398. The Bertz CT molecular complexity index is 408. The average molecular weight is 236 g/mol. The number of piperidine rings is 1. The smallest absolute Gasteiger partial charge is 0.322 e. The summed E-state index contributed by atoms with van der Waals surface area (Å²) in [6, 6.07) is 6.25. The number of likely N-dealkylation sites (tertiary alicyclic amines) is 1. The molecule has 17 heavy (non-hydrogen) atoms. The number of hydrogen-bond donors (Lipinski definition) is 1. The van der Waals surface area contributed by atoms with Gasteiger partial charge in [-0.1, -0.05) is 12.1 Å². The summed E-state index contributed by atoms with van der Waals surface area (Å²) in [6.45, 7) is 2.78. The number of para-hydroxylation sites is 1. The van der Waals surface area contributed by atoms with E-state index in [0.29, 0.717) is 0 Å². The molecule has 4 heteroatoms. The van der Waals surface area contributed by atoms with Crippen LogP contribution in [0.4, 0.5) is 14.9 Å². The van der Waals surface area contributed by atoms with Gasteiger partial charge >= 0.3 is 6.03 Å². The molecule has 1 heterocycles. The molecule has 0 spiro atoms. The molecule has 2 rings (SSSR count). The van der Waals surface area contributed by atoms with E-state index in [-0.39, 0.29) is 17.8 Å². The first-order valence-corrected chi connectivity index (χ1v) is 6.00. The molecule has 1 aliphatic rings. The third-order valence-corrected chi connectivity index (χ3v) is 3.18. The standard InChI is InChI=1S/C13H17FN2O/c1-10-6-4-5-9-16(10)13(17)15-12-8-3-2-7-11(12)14/h2-3,7-8,10H,4-6,9H2,1H3,(H,15,17)/t10-/m0/s1. The molecule has 92 valence electrons. The summed E-state index contributed by atoms with van der Waals surface area (Å²) in [5.74, 6) is -0.398. The van der Waals surface area contributed by atoms with Crippen molar-refractivity contribution in [2.24, 2.45) is 0 Å². The van der Waals surface area contributed by atoms with Crippen molar-refractivity contribution in [1.82, 2.24) is 4.90 Å². The second-order valence-corrected chi connectivity index (χ2v) is 4.45. The Kier molecular flexibility index (Phi) is 3.61. The third kappa shape index (κ3) is 2.75. The predicted molar refractivity (Wildman–Crippen MR) is 65.4 cm³/mol. The Morgan fingerprint density at radius 1 is 1.41 bits per heavy atom. The molecule has 2 amide bonds. The summed E-state index contributed by atoms with van der Waals surface area (Å²) in [5.41, 5.74) is 0.246. The maximum absolute atomic E-state index is 13.4. The van der Waals surface area contributed by atoms with Gasteiger partial charge in [-0.25, -0.2) is 9.18 Å². The fourth-order valence-electron chi connectivity index (χ4n) is 2.15. The van der Waals surface area contributed by atoms with E-state index in [2.05, 4.69) is 5.32 Å². The molecule has 1 saturated heterocycles. The highest BCUT2D eigenvalue weighted by atomic mass is 19.1. The molecule has 0 radical (unpaired) electrons. The first-order chi connectivity index (χ1) is 8.18. The van der Waals surface area contributed by atoms with Crippen molar-refractivity contribution >= 4 is 11.7 Å². The number of nitrogens with zero attached hydrogens (tertiary/aromatic N) is 1. The number of amides is 2. The van der Waals surface area contributed by atoms with E-state index in [0.717, 1.165) is 25.8 Å². The maximum Gasteiger partial charge on any atom is 0.322 e. The van der Waals surface area contributed by atoms with E-state index >= 15 is 0 Å². The van der Waals surface area contributed by atoms with Gasteiger partial charge in [-0.2, -0.15) is 0 Å². The lowest BCUT2D eigenvalue weighted by molar-refractivity contribution is 0.170. The van der Waals surface area contributed by atoms with E-state index in [1.54, 1.807) is 23.1 Å². The van der Waals surface area contributed by atoms with Crippen LogP contribution in [0, 0.1) is 5.82 Å². The first kappa shape index (κ1) is 11.9. The number of urea groups is 1. The van der Waals surface area contributed by atoms with Crippen LogP contribution >= 0.6 is 0 Å². The number of nitrogens with one attached hydrogen (secondary N) is 1. The fourth-order valence-corrected chi connectivity index (χ4v) is 2.15. The van der Waals surface area contributed by atoms with Crippen LogP contribution in [0.15, 0.2) is 24.3 Å². The topological polar surface area (TPSA) is 32.3 Å². The van der Waals surface area contributed by atoms with Gasteiger partial charge in [-0.05, 0) is 38.3 Å². The van der Waals surface area contributed by atoms with Crippen molar-refractivity contribution in [3.8, 4) is 0 Å². The van der Waals surface area contributed by atoms with E-state index in [1.165, 1.54) is 6.07 Å². The van der Waals surface area contributed by atoms with Crippen LogP contribution in [-0.4, -0.2) is 23.5 Å². The van der Waals surface area contributed by atoms with Crippen LogP contribution in [-0.2, 0) is 0 Å². The van der Waals surface area contributed by atoms with Crippen molar-refractivity contribution in [2.45, 2.75) is 32.2 Å². The lowest BCUT2D eigenvalue weighted by Gasteiger charge is -2.33. The predicted octanol–water partition coefficient (Wildman–Crippen LogP) is 3.23. The van der Waals surface area contributed by atoms with Gasteiger partial charge in [0.2, 0.25) is 0 Å². The molecule has 0 aromatic heterocycles. The second-order valence-electron chi connectivity index (χ2n) is 4.45. The van der Waals surface area contributed by atoms with Crippen LogP contribution in [0.25, 0.3) is 0 Å². The summed E-state index contributed by atoms with van der Waals surface area (Å²) in [6.07, 6.45) is 3.20. The largest absolute Gasteiger partial charge is 0.322 e. The lowest BCUT2D eigenvalue weighted by atomic mass is 10.0. The van der Waals surface area contributed by atoms with Gasteiger partial charge in [0.05, 0.1) is 5.69 Å². The molecule has 0 aliphatic carbocycles. The van der Waals surface area contributed by atoms with Crippen LogP contribution in [0.3, 0.4) is 0 Å². The molecular weight excluding hydrogens is 219 g/mol. The number of rotatable bonds is 1. The normalized spacial score (nSPS) is 20.1. The molecule has 1 aromatic carbocycles. The molecule has 0 bridgehead atoms. The summed E-state index contributed by atoms with van der Waals surface area (Å²) >= 11 is 0. The van der Waals surface area contributed by atoms with Gasteiger partial charge in [-0.3, -0.25) is 0 Å². The van der Waals surface area contributed by atoms with Gasteiger partial charge in [0, 0.05) is 12.6 Å². The number of halogens is 1. The first-order valence-electron chi connectivity index (χ1n) is 6.00. The summed E-state index contributed by atoms with van der Waals surface area (Å²) in [4.78, 5) is 13.8. The molecule has 1 N–H and O–H groups in total. The zero-order chi connectivity index (χ0) is 12.3. The van der Waals surface area contributed by atoms with Gasteiger partial charge in [0.1, 0.15) is 5.82 Å². The highest BCUT2D eigenvalue weighted by Gasteiger charge is 2.23. The van der Waals surface area contributed by atoms with Crippen molar-refractivity contribution in [1.29, 1.82) is 0 Å². The molecule has 0 saturated carbocycles. The Labute approximate surface area is 101 Å². The van der Waals surface area contributed by atoms with Crippen molar-refractivity contribution in [3.63, 3.8) is 0 Å². The molecule has 1 aromatic rings. The Hall–Kier alpha value is -1.58. The Morgan fingerprint density at radius 2 is 2.18 bits per heavy atom. The van der Waals surface area contributed by atoms with Crippen LogP contribution in [0.1, 0.15) is 26.2 Å². The number of hydrogen-bond acceptors (Lipinski definition) is 1. The van der Waals surface area contributed by atoms with E-state index in [4.69, 9.17) is 0 Å². The third-order valence-electron chi connectivity index (χ3n) is 3.18. The van der Waals surface area contributed by atoms with Crippen LogP contribution in [0.5, 0.6) is 0 Å². The maximum atomic E-state index is 13.4. The molecule has 1 atom stereocenters. The average Bonchev–Trinajstić information content (AvgIpc) is 2.32. The fraction of sp³-hybridized carbons (Fsp3) is 0.462. The monoisotopic (exact) mass is 236 g/mol. The zero-order valence-corrected chi connectivity index (χ0v) is 9.95. The Balaban J connectivity index is 2.03. The SMILES string of the molecule is C[C@H]1CCCCN1C(=O)Nc1ccccc1F. The van der Waals surface area contributed by atoms with Gasteiger partial charge in [-0.15, -0.1) is 0 Å². The van der Waals surface area contributed by atoms with Gasteiger partial charge < -0.3 is 10.2 Å².